The van der Waals surface area contributed by atoms with E-state index in [9.17, 15) is 4.79 Å². The van der Waals surface area contributed by atoms with Gasteiger partial charge in [-0.05, 0) is 20.3 Å². The number of hydrogen-bond acceptors (Lipinski definition) is 4. The standard InChI is InChI=1S/C14H24N4O/c1-7-14(4,5)18-13(19)11-10(15-6)8-16-12(17-11)9(2)3/h8-9,15H,7H2,1-6H3,(H,18,19). The molecule has 0 aliphatic carbocycles. The Kier molecular flexibility index (Phi) is 4.86. The van der Waals surface area contributed by atoms with Crippen LogP contribution in [0.5, 0.6) is 0 Å². The molecule has 0 aliphatic heterocycles. The predicted molar refractivity (Wildman–Crippen MR) is 77.5 cm³/mol. The first kappa shape index (κ1) is 15.4. The molecule has 1 rings (SSSR count). The third kappa shape index (κ3) is 3.91. The average Bonchev–Trinajstić information content (AvgIpc) is 2.37. The van der Waals surface area contributed by atoms with Crippen LogP contribution in [0.4, 0.5) is 5.69 Å². The van der Waals surface area contributed by atoms with Crippen molar-refractivity contribution in [2.75, 3.05) is 12.4 Å². The van der Waals surface area contributed by atoms with Gasteiger partial charge in [0.2, 0.25) is 0 Å². The van der Waals surface area contributed by atoms with Gasteiger partial charge in [-0.25, -0.2) is 9.97 Å². The summed E-state index contributed by atoms with van der Waals surface area (Å²) in [7, 11) is 1.76. The van der Waals surface area contributed by atoms with E-state index in [2.05, 4.69) is 20.6 Å². The number of aromatic nitrogens is 2. The summed E-state index contributed by atoms with van der Waals surface area (Å²) < 4.78 is 0. The molecule has 1 heterocycles. The molecule has 0 saturated heterocycles. The molecular formula is C14H24N4O. The minimum atomic E-state index is -0.245. The minimum absolute atomic E-state index is 0.166. The molecule has 0 unspecified atom stereocenters. The molecule has 0 aliphatic rings. The molecule has 0 bridgehead atoms. The number of rotatable bonds is 5. The van der Waals surface area contributed by atoms with Crippen LogP contribution < -0.4 is 10.6 Å². The summed E-state index contributed by atoms with van der Waals surface area (Å²) in [5.74, 6) is 0.704. The Hall–Kier alpha value is -1.65. The second-order valence-corrected chi connectivity index (χ2v) is 5.59. The zero-order valence-corrected chi connectivity index (χ0v) is 12.7. The Morgan fingerprint density at radius 2 is 2.05 bits per heavy atom. The van der Waals surface area contributed by atoms with Gasteiger partial charge in [0.05, 0.1) is 11.9 Å². The second kappa shape index (κ2) is 5.99. The van der Waals surface area contributed by atoms with E-state index in [4.69, 9.17) is 0 Å². The molecule has 1 amide bonds. The summed E-state index contributed by atoms with van der Waals surface area (Å²) in [5.41, 5.74) is 0.807. The zero-order chi connectivity index (χ0) is 14.6. The Bertz CT molecular complexity index is 455. The van der Waals surface area contributed by atoms with Gasteiger partial charge in [0.1, 0.15) is 5.82 Å². The quantitative estimate of drug-likeness (QED) is 0.857. The van der Waals surface area contributed by atoms with Crippen molar-refractivity contribution in [2.24, 2.45) is 0 Å². The van der Waals surface area contributed by atoms with Gasteiger partial charge in [0.15, 0.2) is 5.69 Å². The maximum absolute atomic E-state index is 12.3. The van der Waals surface area contributed by atoms with Gasteiger partial charge in [-0.3, -0.25) is 4.79 Å². The van der Waals surface area contributed by atoms with E-state index in [1.165, 1.54) is 0 Å². The first-order valence-corrected chi connectivity index (χ1v) is 6.68. The molecule has 0 atom stereocenters. The van der Waals surface area contributed by atoms with Crippen molar-refractivity contribution in [3.63, 3.8) is 0 Å². The lowest BCUT2D eigenvalue weighted by Gasteiger charge is -2.24. The van der Waals surface area contributed by atoms with E-state index >= 15 is 0 Å². The van der Waals surface area contributed by atoms with Crippen LogP contribution in [0, 0.1) is 0 Å². The van der Waals surface area contributed by atoms with Crippen molar-refractivity contribution in [1.82, 2.24) is 15.3 Å². The minimum Gasteiger partial charge on any atom is -0.385 e. The smallest absolute Gasteiger partial charge is 0.272 e. The lowest BCUT2D eigenvalue weighted by molar-refractivity contribution is 0.0906. The molecule has 5 nitrogen and oxygen atoms in total. The third-order valence-corrected chi connectivity index (χ3v) is 3.14. The Labute approximate surface area is 115 Å². The number of carbonyl (C=O) groups is 1. The first-order chi connectivity index (χ1) is 8.80. The topological polar surface area (TPSA) is 66.9 Å². The fraction of sp³-hybridized carbons (Fsp3) is 0.643. The zero-order valence-electron chi connectivity index (χ0n) is 12.7. The number of amides is 1. The van der Waals surface area contributed by atoms with Crippen LogP contribution in [-0.4, -0.2) is 28.5 Å². The SMILES string of the molecule is CCC(C)(C)NC(=O)c1nc(C(C)C)ncc1NC. The average molecular weight is 264 g/mol. The van der Waals surface area contributed by atoms with Crippen LogP contribution in [0.1, 0.15) is 63.3 Å². The first-order valence-electron chi connectivity index (χ1n) is 6.68. The van der Waals surface area contributed by atoms with E-state index in [0.29, 0.717) is 17.2 Å². The summed E-state index contributed by atoms with van der Waals surface area (Å²) in [6, 6.07) is 0. The van der Waals surface area contributed by atoms with Gasteiger partial charge in [-0.1, -0.05) is 20.8 Å². The normalized spacial score (nSPS) is 11.5. The number of carbonyl (C=O) groups excluding carboxylic acids is 1. The largest absolute Gasteiger partial charge is 0.385 e. The van der Waals surface area contributed by atoms with E-state index < -0.39 is 0 Å². The van der Waals surface area contributed by atoms with Gasteiger partial charge >= 0.3 is 0 Å². The highest BCUT2D eigenvalue weighted by atomic mass is 16.2. The van der Waals surface area contributed by atoms with E-state index in [-0.39, 0.29) is 17.4 Å². The van der Waals surface area contributed by atoms with Crippen molar-refractivity contribution < 1.29 is 4.79 Å². The van der Waals surface area contributed by atoms with Crippen LogP contribution in [-0.2, 0) is 0 Å². The molecule has 0 fully saturated rings. The molecular weight excluding hydrogens is 240 g/mol. The van der Waals surface area contributed by atoms with E-state index in [1.807, 2.05) is 34.6 Å². The van der Waals surface area contributed by atoms with Gasteiger partial charge in [0.25, 0.3) is 5.91 Å². The summed E-state index contributed by atoms with van der Waals surface area (Å²) in [6.07, 6.45) is 2.52. The molecule has 5 heteroatoms. The molecule has 0 spiro atoms. The molecule has 0 saturated carbocycles. The van der Waals surface area contributed by atoms with Crippen molar-refractivity contribution in [3.8, 4) is 0 Å². The summed E-state index contributed by atoms with van der Waals surface area (Å²) in [4.78, 5) is 21.0. The van der Waals surface area contributed by atoms with Crippen molar-refractivity contribution in [1.29, 1.82) is 0 Å². The third-order valence-electron chi connectivity index (χ3n) is 3.14. The van der Waals surface area contributed by atoms with Crippen LogP contribution in [0.25, 0.3) is 0 Å². The van der Waals surface area contributed by atoms with Gasteiger partial charge in [0, 0.05) is 18.5 Å². The highest BCUT2D eigenvalue weighted by Crippen LogP contribution is 2.17. The molecule has 0 aromatic carbocycles. The summed E-state index contributed by atoms with van der Waals surface area (Å²) in [5, 5.41) is 5.95. The fourth-order valence-corrected chi connectivity index (χ4v) is 1.48. The molecule has 1 aromatic rings. The molecule has 106 valence electrons. The predicted octanol–water partition coefficient (Wildman–Crippen LogP) is 2.56. The Morgan fingerprint density at radius 3 is 2.53 bits per heavy atom. The van der Waals surface area contributed by atoms with Crippen molar-refractivity contribution in [2.45, 2.75) is 52.5 Å². The van der Waals surface area contributed by atoms with E-state index in [1.54, 1.807) is 13.2 Å². The molecule has 0 radical (unpaired) electrons. The highest BCUT2D eigenvalue weighted by Gasteiger charge is 2.22. The Balaban J connectivity index is 3.09. The monoisotopic (exact) mass is 264 g/mol. The molecule has 19 heavy (non-hydrogen) atoms. The van der Waals surface area contributed by atoms with Gasteiger partial charge < -0.3 is 10.6 Å². The summed E-state index contributed by atoms with van der Waals surface area (Å²) in [6.45, 7) is 10.0. The number of hydrogen-bond donors (Lipinski definition) is 2. The maximum Gasteiger partial charge on any atom is 0.272 e. The molecule has 2 N–H and O–H groups in total. The highest BCUT2D eigenvalue weighted by molar-refractivity contribution is 5.97. The number of nitrogens with zero attached hydrogens (tertiary/aromatic N) is 2. The van der Waals surface area contributed by atoms with E-state index in [0.717, 1.165) is 6.42 Å². The Morgan fingerprint density at radius 1 is 1.42 bits per heavy atom. The molecule has 1 aromatic heterocycles. The number of anilines is 1. The lowest BCUT2D eigenvalue weighted by atomic mass is 10.0. The van der Waals surface area contributed by atoms with Gasteiger partial charge in [-0.2, -0.15) is 0 Å². The second-order valence-electron chi connectivity index (χ2n) is 5.59. The van der Waals surface area contributed by atoms with Crippen LogP contribution in [0.3, 0.4) is 0 Å². The maximum atomic E-state index is 12.3. The van der Waals surface area contributed by atoms with Crippen LogP contribution in [0.2, 0.25) is 0 Å². The van der Waals surface area contributed by atoms with Crippen molar-refractivity contribution >= 4 is 11.6 Å². The lowest BCUT2D eigenvalue weighted by Crippen LogP contribution is -2.43. The van der Waals surface area contributed by atoms with Gasteiger partial charge in [-0.15, -0.1) is 0 Å². The van der Waals surface area contributed by atoms with Crippen LogP contribution >= 0.6 is 0 Å². The summed E-state index contributed by atoms with van der Waals surface area (Å²) >= 11 is 0. The number of nitrogens with one attached hydrogen (secondary N) is 2. The fourth-order valence-electron chi connectivity index (χ4n) is 1.48. The van der Waals surface area contributed by atoms with Crippen molar-refractivity contribution in [3.05, 3.63) is 17.7 Å². The van der Waals surface area contributed by atoms with Crippen LogP contribution in [0.15, 0.2) is 6.20 Å².